The van der Waals surface area contributed by atoms with Gasteiger partial charge in [0, 0.05) is 0 Å². The molecule has 3 atom stereocenters. The van der Waals surface area contributed by atoms with Crippen molar-refractivity contribution in [2.24, 2.45) is 11.8 Å². The van der Waals surface area contributed by atoms with Crippen LogP contribution in [-0.2, 0) is 6.42 Å². The normalized spacial score (nSPS) is 29.3. The Hall–Kier alpha value is -1.30. The van der Waals surface area contributed by atoms with E-state index in [4.69, 9.17) is 0 Å². The molecule has 23 heavy (non-hydrogen) atoms. The molecule has 1 aromatic rings. The van der Waals surface area contributed by atoms with Crippen LogP contribution in [0, 0.1) is 11.8 Å². The molecule has 124 valence electrons. The Bertz CT molecular complexity index is 590. The van der Waals surface area contributed by atoms with Crippen LogP contribution >= 0.6 is 0 Å². The van der Waals surface area contributed by atoms with E-state index in [0.29, 0.717) is 0 Å². The maximum Gasteiger partial charge on any atom is -0.0188 e. The lowest BCUT2D eigenvalue weighted by molar-refractivity contribution is 0.494. The minimum atomic E-state index is 0.792. The molecule has 3 aliphatic carbocycles. The molecule has 0 nitrogen and oxygen atoms in total. The minimum absolute atomic E-state index is 0.792. The van der Waals surface area contributed by atoms with Crippen LogP contribution < -0.4 is 0 Å². The first-order valence-electron chi connectivity index (χ1n) is 9.64. The monoisotopic (exact) mass is 308 g/mol. The summed E-state index contributed by atoms with van der Waals surface area (Å²) in [6, 6.07) is 8.85. The Morgan fingerprint density at radius 1 is 0.826 bits per heavy atom. The van der Waals surface area contributed by atoms with Gasteiger partial charge in [0.25, 0.3) is 0 Å². The number of hydrogen-bond donors (Lipinski definition) is 0. The van der Waals surface area contributed by atoms with E-state index in [9.17, 15) is 0 Å². The number of fused-ring (bicyclic) bond motifs is 1. The van der Waals surface area contributed by atoms with Gasteiger partial charge in [0.05, 0.1) is 0 Å². The second-order valence-electron chi connectivity index (χ2n) is 7.81. The van der Waals surface area contributed by atoms with Crippen LogP contribution in [0.25, 0.3) is 0 Å². The lowest BCUT2D eigenvalue weighted by atomic mass is 9.75. The predicted octanol–water partition coefficient (Wildman–Crippen LogP) is 6.83. The van der Waals surface area contributed by atoms with Gasteiger partial charge in [0.15, 0.2) is 0 Å². The van der Waals surface area contributed by atoms with Crippen LogP contribution in [0.2, 0.25) is 0 Å². The highest BCUT2D eigenvalue weighted by Gasteiger charge is 2.22. The van der Waals surface area contributed by atoms with Gasteiger partial charge in [-0.3, -0.25) is 0 Å². The molecule has 3 unspecified atom stereocenters. The van der Waals surface area contributed by atoms with E-state index in [1.165, 1.54) is 44.9 Å². The van der Waals surface area contributed by atoms with Gasteiger partial charge in [-0.05, 0) is 79.4 Å². The smallest absolute Gasteiger partial charge is 0.0188 e. The van der Waals surface area contributed by atoms with Crippen molar-refractivity contribution in [3.8, 4) is 0 Å². The summed E-state index contributed by atoms with van der Waals surface area (Å²) >= 11 is 0. The first-order valence-corrected chi connectivity index (χ1v) is 9.64. The molecule has 0 aliphatic heterocycles. The van der Waals surface area contributed by atoms with Gasteiger partial charge in [-0.15, -0.1) is 0 Å². The third kappa shape index (κ3) is 3.79. The van der Waals surface area contributed by atoms with Crippen LogP contribution in [-0.4, -0.2) is 0 Å². The van der Waals surface area contributed by atoms with Crippen LogP contribution in [0.3, 0.4) is 0 Å². The van der Waals surface area contributed by atoms with E-state index in [2.05, 4.69) is 57.2 Å². The van der Waals surface area contributed by atoms with Crippen LogP contribution in [0.15, 0.2) is 47.6 Å². The van der Waals surface area contributed by atoms with Gasteiger partial charge >= 0.3 is 0 Å². The lowest BCUT2D eigenvalue weighted by Crippen LogP contribution is -2.15. The number of aryl methyl sites for hydroxylation is 1. The topological polar surface area (TPSA) is 0 Å². The van der Waals surface area contributed by atoms with Gasteiger partial charge in [-0.25, -0.2) is 0 Å². The van der Waals surface area contributed by atoms with E-state index >= 15 is 0 Å². The predicted molar refractivity (Wildman–Crippen MR) is 101 cm³/mol. The summed E-state index contributed by atoms with van der Waals surface area (Å²) in [4.78, 5) is 0. The van der Waals surface area contributed by atoms with Crippen LogP contribution in [0.1, 0.15) is 76.3 Å². The highest BCUT2D eigenvalue weighted by atomic mass is 14.3. The summed E-state index contributed by atoms with van der Waals surface area (Å²) in [5.74, 6) is 2.44. The van der Waals surface area contributed by atoms with Crippen LogP contribution in [0.5, 0.6) is 0 Å². The van der Waals surface area contributed by atoms with Crippen molar-refractivity contribution in [3.63, 3.8) is 0 Å². The van der Waals surface area contributed by atoms with E-state index < -0.39 is 0 Å². The molecule has 0 spiro atoms. The van der Waals surface area contributed by atoms with E-state index in [0.717, 1.165) is 17.8 Å². The van der Waals surface area contributed by atoms with Gasteiger partial charge in [-0.1, -0.05) is 62.8 Å². The molecule has 0 heterocycles. The lowest BCUT2D eigenvalue weighted by Gasteiger charge is -2.30. The molecule has 3 aliphatic rings. The zero-order chi connectivity index (χ0) is 16.2. The molecule has 0 N–H and O–H groups in total. The van der Waals surface area contributed by atoms with Gasteiger partial charge in [0.1, 0.15) is 0 Å². The largest absolute Gasteiger partial charge is 0.0837 e. The molecule has 0 saturated carbocycles. The Labute approximate surface area is 142 Å². The minimum Gasteiger partial charge on any atom is -0.0837 e. The van der Waals surface area contributed by atoms with Gasteiger partial charge in [0.2, 0.25) is 0 Å². The zero-order valence-corrected chi connectivity index (χ0v) is 15.1. The maximum atomic E-state index is 2.37. The highest BCUT2D eigenvalue weighted by Crippen LogP contribution is 2.38. The van der Waals surface area contributed by atoms with Crippen molar-refractivity contribution in [2.75, 3.05) is 0 Å². The summed E-state index contributed by atoms with van der Waals surface area (Å²) in [7, 11) is 0. The second kappa shape index (κ2) is 7.51. The van der Waals surface area contributed by atoms with Crippen LogP contribution in [0.4, 0.5) is 0 Å². The molecular weight excluding hydrogens is 276 g/mol. The summed E-state index contributed by atoms with van der Waals surface area (Å²) in [6.07, 6.45) is 14.2. The maximum absolute atomic E-state index is 2.37. The average molecular weight is 309 g/mol. The molecule has 0 fully saturated rings. The molecule has 4 rings (SSSR count). The number of hydrogen-bond acceptors (Lipinski definition) is 0. The van der Waals surface area contributed by atoms with E-state index in [-0.39, 0.29) is 0 Å². The van der Waals surface area contributed by atoms with Gasteiger partial charge < -0.3 is 0 Å². The Kier molecular flexibility index (Phi) is 5.41. The molecule has 1 aromatic carbocycles. The molecule has 0 amide bonds. The fourth-order valence-electron chi connectivity index (χ4n) is 4.56. The fraction of sp³-hybridized carbons (Fsp3) is 0.565. The summed E-state index contributed by atoms with van der Waals surface area (Å²) < 4.78 is 0. The quantitative estimate of drug-likeness (QED) is 0.493. The first kappa shape index (κ1) is 16.6. The summed E-state index contributed by atoms with van der Waals surface area (Å²) in [5.41, 5.74) is 6.58. The van der Waals surface area contributed by atoms with Crippen molar-refractivity contribution < 1.29 is 0 Å². The highest BCUT2D eigenvalue weighted by molar-refractivity contribution is 5.34. The van der Waals surface area contributed by atoms with E-state index in [1.54, 1.807) is 22.3 Å². The third-order valence-electron chi connectivity index (χ3n) is 6.04. The van der Waals surface area contributed by atoms with Crippen molar-refractivity contribution in [1.29, 1.82) is 0 Å². The molecule has 0 bridgehead atoms. The summed E-state index contributed by atoms with van der Waals surface area (Å²) in [6.45, 7) is 7.08. The number of benzene rings is 1. The molecular formula is C23H32. The Balaban J connectivity index is 0.000000136. The molecule has 0 heteroatoms. The second-order valence-corrected chi connectivity index (χ2v) is 7.81. The summed E-state index contributed by atoms with van der Waals surface area (Å²) in [5, 5.41) is 0. The van der Waals surface area contributed by atoms with Gasteiger partial charge in [-0.2, -0.15) is 0 Å². The Morgan fingerprint density at radius 2 is 1.57 bits per heavy atom. The van der Waals surface area contributed by atoms with Crippen molar-refractivity contribution in [2.45, 2.75) is 71.6 Å². The number of rotatable bonds is 0. The first-order chi connectivity index (χ1) is 11.2. The third-order valence-corrected chi connectivity index (χ3v) is 6.04. The molecule has 0 radical (unpaired) electrons. The average Bonchev–Trinajstić information content (AvgIpc) is 2.57. The fourth-order valence-corrected chi connectivity index (χ4v) is 4.56. The molecule has 0 aromatic heterocycles. The van der Waals surface area contributed by atoms with Crippen molar-refractivity contribution in [3.05, 3.63) is 58.7 Å². The number of allylic oxidation sites excluding steroid dienone is 4. The SMILES string of the molecule is CC1CCCC2=C1C=CCC2C.CC1CCCc2ccccc21. The standard InChI is InChI=1S/C12H18.C11H14/c1-9-5-3-8-12-10(2)6-4-7-11(9)12;1-9-5-4-7-10-6-2-3-8-11(9)10/h3,8-10H,4-7H2,1-2H3;2-3,6,8-9H,4-5,7H2,1H3. The Morgan fingerprint density at radius 3 is 2.35 bits per heavy atom. The van der Waals surface area contributed by atoms with E-state index in [1.807, 2.05) is 0 Å². The van der Waals surface area contributed by atoms with Crippen molar-refractivity contribution in [1.82, 2.24) is 0 Å². The zero-order valence-electron chi connectivity index (χ0n) is 15.1. The molecule has 0 saturated heterocycles. The van der Waals surface area contributed by atoms with Crippen molar-refractivity contribution >= 4 is 0 Å².